The molecule has 0 saturated carbocycles. The normalized spacial score (nSPS) is 19.5. The van der Waals surface area contributed by atoms with Crippen LogP contribution in [-0.4, -0.2) is 83.8 Å². The first-order chi connectivity index (χ1) is 12.6. The van der Waals surface area contributed by atoms with Gasteiger partial charge >= 0.3 is 0 Å². The van der Waals surface area contributed by atoms with Gasteiger partial charge in [-0.2, -0.15) is 5.10 Å². The SMILES string of the molecule is Cn1cc(C(=O)NCC2CCN(CCC(=O)N3CCNCC3)CC2)cn1. The molecule has 144 valence electrons. The van der Waals surface area contributed by atoms with Crippen LogP contribution < -0.4 is 10.6 Å². The van der Waals surface area contributed by atoms with Crippen LogP contribution in [0.25, 0.3) is 0 Å². The molecule has 2 aliphatic rings. The van der Waals surface area contributed by atoms with E-state index in [-0.39, 0.29) is 11.8 Å². The van der Waals surface area contributed by atoms with E-state index in [1.54, 1.807) is 24.1 Å². The number of likely N-dealkylation sites (tertiary alicyclic amines) is 1. The van der Waals surface area contributed by atoms with Gasteiger partial charge in [0, 0.05) is 58.9 Å². The summed E-state index contributed by atoms with van der Waals surface area (Å²) in [5.41, 5.74) is 0.608. The van der Waals surface area contributed by atoms with Crippen molar-refractivity contribution >= 4 is 11.8 Å². The summed E-state index contributed by atoms with van der Waals surface area (Å²) in [5.74, 6) is 0.732. The Labute approximate surface area is 154 Å². The molecule has 2 amide bonds. The van der Waals surface area contributed by atoms with E-state index in [0.29, 0.717) is 24.4 Å². The zero-order valence-electron chi connectivity index (χ0n) is 15.6. The molecule has 0 atom stereocenters. The number of amides is 2. The number of piperidine rings is 1. The first kappa shape index (κ1) is 18.8. The molecule has 26 heavy (non-hydrogen) atoms. The molecule has 2 saturated heterocycles. The molecule has 1 aromatic heterocycles. The summed E-state index contributed by atoms with van der Waals surface area (Å²) in [5, 5.41) is 10.3. The standard InChI is InChI=1S/C18H30N6O2/c1-22-14-16(13-21-22)18(26)20-12-15-2-7-23(8-3-15)9-4-17(25)24-10-5-19-6-11-24/h13-15,19H,2-12H2,1H3,(H,20,26). The van der Waals surface area contributed by atoms with Gasteiger partial charge in [-0.25, -0.2) is 0 Å². The minimum absolute atomic E-state index is 0.0536. The predicted octanol–water partition coefficient (Wildman–Crippen LogP) is -0.316. The monoisotopic (exact) mass is 362 g/mol. The van der Waals surface area contributed by atoms with Crippen molar-refractivity contribution in [2.24, 2.45) is 13.0 Å². The number of hydrogen-bond donors (Lipinski definition) is 2. The van der Waals surface area contributed by atoms with Crippen molar-refractivity contribution in [2.75, 3.05) is 52.4 Å². The highest BCUT2D eigenvalue weighted by Gasteiger charge is 2.22. The van der Waals surface area contributed by atoms with Crippen LogP contribution in [0.4, 0.5) is 0 Å². The number of piperazine rings is 1. The molecule has 8 heteroatoms. The first-order valence-corrected chi connectivity index (χ1v) is 9.59. The number of carbonyl (C=O) groups excluding carboxylic acids is 2. The van der Waals surface area contributed by atoms with Gasteiger partial charge in [0.15, 0.2) is 0 Å². The maximum absolute atomic E-state index is 12.2. The Bertz CT molecular complexity index is 603. The van der Waals surface area contributed by atoms with Crippen molar-refractivity contribution in [3.8, 4) is 0 Å². The van der Waals surface area contributed by atoms with Gasteiger partial charge in [-0.1, -0.05) is 0 Å². The summed E-state index contributed by atoms with van der Waals surface area (Å²) in [6.45, 7) is 7.03. The average molecular weight is 362 g/mol. The van der Waals surface area contributed by atoms with Gasteiger partial charge < -0.3 is 20.4 Å². The van der Waals surface area contributed by atoms with E-state index in [4.69, 9.17) is 0 Å². The van der Waals surface area contributed by atoms with Crippen molar-refractivity contribution < 1.29 is 9.59 Å². The summed E-state index contributed by atoms with van der Waals surface area (Å²) < 4.78 is 1.63. The summed E-state index contributed by atoms with van der Waals surface area (Å²) in [6, 6.07) is 0. The van der Waals surface area contributed by atoms with Gasteiger partial charge in [-0.3, -0.25) is 14.3 Å². The lowest BCUT2D eigenvalue weighted by atomic mass is 9.96. The molecule has 2 fully saturated rings. The summed E-state index contributed by atoms with van der Waals surface area (Å²) in [6.07, 6.45) is 6.06. The lowest BCUT2D eigenvalue weighted by Gasteiger charge is -2.33. The Kier molecular flexibility index (Phi) is 6.62. The van der Waals surface area contributed by atoms with Crippen LogP contribution in [0.3, 0.4) is 0 Å². The van der Waals surface area contributed by atoms with Crippen LogP contribution in [0.2, 0.25) is 0 Å². The smallest absolute Gasteiger partial charge is 0.254 e. The molecule has 0 aromatic carbocycles. The fourth-order valence-corrected chi connectivity index (χ4v) is 3.62. The lowest BCUT2D eigenvalue weighted by molar-refractivity contribution is -0.132. The van der Waals surface area contributed by atoms with Gasteiger partial charge in [-0.05, 0) is 31.8 Å². The maximum atomic E-state index is 12.2. The molecule has 2 N–H and O–H groups in total. The molecule has 8 nitrogen and oxygen atoms in total. The molecule has 1 aromatic rings. The Morgan fingerprint density at radius 1 is 1.23 bits per heavy atom. The van der Waals surface area contributed by atoms with Gasteiger partial charge in [0.1, 0.15) is 0 Å². The molecule has 0 unspecified atom stereocenters. The van der Waals surface area contributed by atoms with Crippen LogP contribution in [0.15, 0.2) is 12.4 Å². The Balaban J connectivity index is 1.31. The zero-order valence-corrected chi connectivity index (χ0v) is 15.6. The molecule has 2 aliphatic heterocycles. The Hall–Kier alpha value is -1.93. The molecular formula is C18H30N6O2. The van der Waals surface area contributed by atoms with Crippen LogP contribution in [-0.2, 0) is 11.8 Å². The molecule has 3 rings (SSSR count). The number of aromatic nitrogens is 2. The Morgan fingerprint density at radius 3 is 2.62 bits per heavy atom. The molecule has 0 radical (unpaired) electrons. The van der Waals surface area contributed by atoms with Crippen LogP contribution in [0.1, 0.15) is 29.6 Å². The van der Waals surface area contributed by atoms with Gasteiger partial charge in [0.2, 0.25) is 5.91 Å². The minimum atomic E-state index is -0.0536. The van der Waals surface area contributed by atoms with E-state index in [1.807, 2.05) is 4.90 Å². The molecular weight excluding hydrogens is 332 g/mol. The quantitative estimate of drug-likeness (QED) is 0.725. The molecule has 0 spiro atoms. The zero-order chi connectivity index (χ0) is 18.4. The number of hydrogen-bond acceptors (Lipinski definition) is 5. The van der Waals surface area contributed by atoms with E-state index in [2.05, 4.69) is 20.6 Å². The highest BCUT2D eigenvalue weighted by Crippen LogP contribution is 2.17. The summed E-state index contributed by atoms with van der Waals surface area (Å²) >= 11 is 0. The topological polar surface area (TPSA) is 82.5 Å². The van der Waals surface area contributed by atoms with Crippen LogP contribution in [0, 0.1) is 5.92 Å². The van der Waals surface area contributed by atoms with Crippen molar-refractivity contribution in [3.63, 3.8) is 0 Å². The third kappa shape index (κ3) is 5.28. The first-order valence-electron chi connectivity index (χ1n) is 9.59. The summed E-state index contributed by atoms with van der Waals surface area (Å²) in [7, 11) is 1.80. The van der Waals surface area contributed by atoms with E-state index >= 15 is 0 Å². The number of aryl methyl sites for hydroxylation is 1. The molecule has 3 heterocycles. The van der Waals surface area contributed by atoms with E-state index in [9.17, 15) is 9.59 Å². The summed E-state index contributed by atoms with van der Waals surface area (Å²) in [4.78, 5) is 28.7. The minimum Gasteiger partial charge on any atom is -0.352 e. The van der Waals surface area contributed by atoms with Crippen molar-refractivity contribution in [1.29, 1.82) is 0 Å². The third-order valence-corrected chi connectivity index (χ3v) is 5.34. The maximum Gasteiger partial charge on any atom is 0.254 e. The number of nitrogens with one attached hydrogen (secondary N) is 2. The fourth-order valence-electron chi connectivity index (χ4n) is 3.62. The van der Waals surface area contributed by atoms with E-state index < -0.39 is 0 Å². The van der Waals surface area contributed by atoms with Crippen molar-refractivity contribution in [1.82, 2.24) is 30.2 Å². The highest BCUT2D eigenvalue weighted by molar-refractivity contribution is 5.93. The van der Waals surface area contributed by atoms with E-state index in [1.165, 1.54) is 0 Å². The average Bonchev–Trinajstić information content (AvgIpc) is 3.12. The Morgan fingerprint density at radius 2 is 1.96 bits per heavy atom. The number of nitrogens with zero attached hydrogens (tertiary/aromatic N) is 4. The second kappa shape index (κ2) is 9.14. The molecule has 0 bridgehead atoms. The van der Waals surface area contributed by atoms with Crippen LogP contribution in [0.5, 0.6) is 0 Å². The predicted molar refractivity (Wildman–Crippen MR) is 98.8 cm³/mol. The van der Waals surface area contributed by atoms with Gasteiger partial charge in [0.05, 0.1) is 11.8 Å². The van der Waals surface area contributed by atoms with Crippen molar-refractivity contribution in [2.45, 2.75) is 19.3 Å². The number of carbonyl (C=O) groups is 2. The van der Waals surface area contributed by atoms with Crippen LogP contribution >= 0.6 is 0 Å². The lowest BCUT2D eigenvalue weighted by Crippen LogP contribution is -2.47. The van der Waals surface area contributed by atoms with Crippen molar-refractivity contribution in [3.05, 3.63) is 18.0 Å². The second-order valence-corrected chi connectivity index (χ2v) is 7.28. The molecule has 0 aliphatic carbocycles. The van der Waals surface area contributed by atoms with Gasteiger partial charge in [-0.15, -0.1) is 0 Å². The van der Waals surface area contributed by atoms with Gasteiger partial charge in [0.25, 0.3) is 5.91 Å². The third-order valence-electron chi connectivity index (χ3n) is 5.34. The highest BCUT2D eigenvalue weighted by atomic mass is 16.2. The number of rotatable bonds is 6. The largest absolute Gasteiger partial charge is 0.352 e. The van der Waals surface area contributed by atoms with E-state index in [0.717, 1.165) is 58.7 Å². The second-order valence-electron chi connectivity index (χ2n) is 7.28. The fraction of sp³-hybridized carbons (Fsp3) is 0.722.